The number of hydrogen-bond acceptors (Lipinski definition) is 3. The second-order valence-corrected chi connectivity index (χ2v) is 3.29. The van der Waals surface area contributed by atoms with E-state index in [1.165, 1.54) is 4.57 Å². The number of hydrogen-bond donors (Lipinski definition) is 1. The van der Waals surface area contributed by atoms with E-state index < -0.39 is 0 Å². The first kappa shape index (κ1) is 9.85. The molecule has 0 aliphatic rings. The van der Waals surface area contributed by atoms with Crippen molar-refractivity contribution < 1.29 is 0 Å². The van der Waals surface area contributed by atoms with Gasteiger partial charge in [-0.3, -0.25) is 4.57 Å². The van der Waals surface area contributed by atoms with Crippen molar-refractivity contribution in [1.29, 1.82) is 0 Å². The maximum Gasteiger partial charge on any atom is 0.347 e. The lowest BCUT2D eigenvalue weighted by Crippen LogP contribution is -2.24. The zero-order valence-electron chi connectivity index (χ0n) is 7.36. The van der Waals surface area contributed by atoms with Gasteiger partial charge in [0.15, 0.2) is 0 Å². The third-order valence-electron chi connectivity index (χ3n) is 1.61. The van der Waals surface area contributed by atoms with Crippen molar-refractivity contribution in [2.45, 2.75) is 19.9 Å². The molecule has 1 aromatic heterocycles. The Morgan fingerprint density at radius 3 is 3.00 bits per heavy atom. The first-order valence-corrected chi connectivity index (χ1v) is 4.33. The molecule has 0 atom stereocenters. The van der Waals surface area contributed by atoms with Crippen LogP contribution in [-0.2, 0) is 6.54 Å². The van der Waals surface area contributed by atoms with Crippen molar-refractivity contribution in [1.82, 2.24) is 9.55 Å². The van der Waals surface area contributed by atoms with Crippen LogP contribution in [0.5, 0.6) is 0 Å². The third kappa shape index (κ3) is 2.95. The minimum atomic E-state index is -0.253. The van der Waals surface area contributed by atoms with Gasteiger partial charge in [-0.2, -0.15) is 4.98 Å². The number of rotatable bonds is 3. The standard InChI is InChI=1S/C8H11N3OS/c1-6-2-4-11(8(12)10-6)5-3-7(9)13/h2,4H,3,5H2,1H3,(H2,9,13). The molecule has 0 bridgehead atoms. The number of thiocarbonyl (C=S) groups is 1. The average molecular weight is 197 g/mol. The van der Waals surface area contributed by atoms with Crippen LogP contribution in [0.4, 0.5) is 0 Å². The van der Waals surface area contributed by atoms with Gasteiger partial charge in [0.25, 0.3) is 0 Å². The molecule has 4 nitrogen and oxygen atoms in total. The molecular weight excluding hydrogens is 186 g/mol. The SMILES string of the molecule is Cc1ccn(CCC(N)=S)c(=O)n1. The lowest BCUT2D eigenvalue weighted by molar-refractivity contribution is 0.667. The Kier molecular flexibility index (Phi) is 3.13. The van der Waals surface area contributed by atoms with Gasteiger partial charge in [0, 0.05) is 24.9 Å². The van der Waals surface area contributed by atoms with Crippen molar-refractivity contribution in [3.63, 3.8) is 0 Å². The quantitative estimate of drug-likeness (QED) is 0.704. The smallest absolute Gasteiger partial charge is 0.347 e. The van der Waals surface area contributed by atoms with Crippen LogP contribution in [0.1, 0.15) is 12.1 Å². The molecule has 0 saturated carbocycles. The summed E-state index contributed by atoms with van der Waals surface area (Å²) < 4.78 is 1.49. The molecule has 0 unspecified atom stereocenters. The summed E-state index contributed by atoms with van der Waals surface area (Å²) >= 11 is 4.71. The largest absolute Gasteiger partial charge is 0.393 e. The Morgan fingerprint density at radius 2 is 2.46 bits per heavy atom. The van der Waals surface area contributed by atoms with Crippen molar-refractivity contribution in [2.75, 3.05) is 0 Å². The minimum Gasteiger partial charge on any atom is -0.393 e. The number of aromatic nitrogens is 2. The van der Waals surface area contributed by atoms with Gasteiger partial charge in [0.1, 0.15) is 0 Å². The molecule has 0 radical (unpaired) electrons. The highest BCUT2D eigenvalue weighted by Crippen LogP contribution is 1.89. The second kappa shape index (κ2) is 4.13. The molecule has 0 aromatic carbocycles. The van der Waals surface area contributed by atoms with Crippen LogP contribution in [0, 0.1) is 6.92 Å². The average Bonchev–Trinajstić information content (AvgIpc) is 2.02. The zero-order chi connectivity index (χ0) is 9.84. The Labute approximate surface area is 81.4 Å². The molecule has 0 aliphatic heterocycles. The van der Waals surface area contributed by atoms with Crippen LogP contribution >= 0.6 is 12.2 Å². The molecule has 0 spiro atoms. The number of nitrogens with two attached hydrogens (primary N) is 1. The molecule has 0 saturated heterocycles. The Bertz CT molecular complexity index is 372. The number of nitrogens with zero attached hydrogens (tertiary/aromatic N) is 2. The van der Waals surface area contributed by atoms with Crippen LogP contribution in [-0.4, -0.2) is 14.5 Å². The first-order valence-electron chi connectivity index (χ1n) is 3.92. The van der Waals surface area contributed by atoms with Crippen LogP contribution < -0.4 is 11.4 Å². The van der Waals surface area contributed by atoms with E-state index in [0.717, 1.165) is 5.69 Å². The third-order valence-corrected chi connectivity index (χ3v) is 1.82. The van der Waals surface area contributed by atoms with Crippen molar-refractivity contribution >= 4 is 17.2 Å². The van der Waals surface area contributed by atoms with Crippen molar-refractivity contribution in [3.05, 3.63) is 28.4 Å². The highest BCUT2D eigenvalue weighted by molar-refractivity contribution is 7.80. The maximum atomic E-state index is 11.2. The molecule has 1 heterocycles. The fourth-order valence-corrected chi connectivity index (χ4v) is 1.01. The van der Waals surface area contributed by atoms with E-state index in [1.54, 1.807) is 19.2 Å². The van der Waals surface area contributed by atoms with Gasteiger partial charge in [-0.05, 0) is 13.0 Å². The molecular formula is C8H11N3OS. The molecule has 5 heteroatoms. The summed E-state index contributed by atoms with van der Waals surface area (Å²) in [5.41, 5.74) is 5.78. The molecule has 2 N–H and O–H groups in total. The fourth-order valence-electron chi connectivity index (χ4n) is 0.915. The summed E-state index contributed by atoms with van der Waals surface area (Å²) in [5.74, 6) is 0. The zero-order valence-corrected chi connectivity index (χ0v) is 8.17. The second-order valence-electron chi connectivity index (χ2n) is 2.76. The molecule has 70 valence electrons. The predicted molar refractivity (Wildman–Crippen MR) is 54.6 cm³/mol. The Hall–Kier alpha value is -1.23. The van der Waals surface area contributed by atoms with E-state index in [0.29, 0.717) is 18.0 Å². The topological polar surface area (TPSA) is 60.9 Å². The highest BCUT2D eigenvalue weighted by Gasteiger charge is 1.97. The monoisotopic (exact) mass is 197 g/mol. The molecule has 0 aliphatic carbocycles. The van der Waals surface area contributed by atoms with Crippen LogP contribution in [0.15, 0.2) is 17.1 Å². The van der Waals surface area contributed by atoms with Gasteiger partial charge < -0.3 is 5.73 Å². The van der Waals surface area contributed by atoms with Gasteiger partial charge in [0.05, 0.1) is 4.99 Å². The molecule has 13 heavy (non-hydrogen) atoms. The predicted octanol–water partition coefficient (Wildman–Crippen LogP) is 0.228. The van der Waals surface area contributed by atoms with Crippen LogP contribution in [0.25, 0.3) is 0 Å². The Balaban J connectivity index is 2.78. The van der Waals surface area contributed by atoms with Crippen molar-refractivity contribution in [3.8, 4) is 0 Å². The normalized spacial score (nSPS) is 9.92. The van der Waals surface area contributed by atoms with E-state index in [2.05, 4.69) is 4.98 Å². The summed E-state index contributed by atoms with van der Waals surface area (Å²) in [6, 6.07) is 1.78. The lowest BCUT2D eigenvalue weighted by atomic mass is 10.4. The first-order chi connectivity index (χ1) is 6.09. The summed E-state index contributed by atoms with van der Waals surface area (Å²) in [5, 5.41) is 0. The molecule has 0 amide bonds. The summed E-state index contributed by atoms with van der Waals surface area (Å²) in [6.45, 7) is 2.28. The van der Waals surface area contributed by atoms with Gasteiger partial charge in [-0.25, -0.2) is 4.79 Å². The summed E-state index contributed by atoms with van der Waals surface area (Å²) in [6.07, 6.45) is 2.23. The molecule has 1 aromatic rings. The van der Waals surface area contributed by atoms with Crippen molar-refractivity contribution in [2.24, 2.45) is 5.73 Å². The van der Waals surface area contributed by atoms with E-state index in [9.17, 15) is 4.79 Å². The van der Waals surface area contributed by atoms with E-state index >= 15 is 0 Å². The van der Waals surface area contributed by atoms with Gasteiger partial charge in [0.2, 0.25) is 0 Å². The van der Waals surface area contributed by atoms with Gasteiger partial charge in [-0.1, -0.05) is 12.2 Å². The molecule has 0 fully saturated rings. The van der Waals surface area contributed by atoms with Gasteiger partial charge in [-0.15, -0.1) is 0 Å². The minimum absolute atomic E-state index is 0.253. The fraction of sp³-hybridized carbons (Fsp3) is 0.375. The van der Waals surface area contributed by atoms with Crippen LogP contribution in [0.3, 0.4) is 0 Å². The van der Waals surface area contributed by atoms with Gasteiger partial charge >= 0.3 is 5.69 Å². The maximum absolute atomic E-state index is 11.2. The summed E-state index contributed by atoms with van der Waals surface area (Å²) in [4.78, 5) is 15.4. The Morgan fingerprint density at radius 1 is 1.77 bits per heavy atom. The van der Waals surface area contributed by atoms with E-state index in [-0.39, 0.29) is 5.69 Å². The van der Waals surface area contributed by atoms with E-state index in [1.807, 2.05) is 0 Å². The highest BCUT2D eigenvalue weighted by atomic mass is 32.1. The van der Waals surface area contributed by atoms with E-state index in [4.69, 9.17) is 18.0 Å². The molecule has 1 rings (SSSR count). The summed E-state index contributed by atoms with van der Waals surface area (Å²) in [7, 11) is 0. The lowest BCUT2D eigenvalue weighted by Gasteiger charge is -2.03. The van der Waals surface area contributed by atoms with Crippen LogP contribution in [0.2, 0.25) is 0 Å². The number of aryl methyl sites for hydroxylation is 2.